The van der Waals surface area contributed by atoms with Crippen molar-refractivity contribution >= 4 is 17.2 Å². The Labute approximate surface area is 239 Å². The summed E-state index contributed by atoms with van der Waals surface area (Å²) in [5, 5.41) is 7.47. The Kier molecular flexibility index (Phi) is 6.51. The van der Waals surface area contributed by atoms with Crippen LogP contribution < -0.4 is 10.1 Å². The van der Waals surface area contributed by atoms with Crippen LogP contribution in [-0.4, -0.2) is 44.1 Å². The summed E-state index contributed by atoms with van der Waals surface area (Å²) in [6, 6.07) is 29.9. The minimum atomic E-state index is 0.0381. The zero-order valence-corrected chi connectivity index (χ0v) is 23.3. The summed E-state index contributed by atoms with van der Waals surface area (Å²) in [6.45, 7) is 5.05. The van der Waals surface area contributed by atoms with Crippen molar-refractivity contribution in [2.75, 3.05) is 11.9 Å². The lowest BCUT2D eigenvalue weighted by Crippen LogP contribution is -2.62. The van der Waals surface area contributed by atoms with Gasteiger partial charge in [-0.1, -0.05) is 60.7 Å². The van der Waals surface area contributed by atoms with Crippen molar-refractivity contribution in [3.8, 4) is 16.9 Å². The van der Waals surface area contributed by atoms with E-state index in [1.807, 2.05) is 31.5 Å². The molecule has 2 atom stereocenters. The summed E-state index contributed by atoms with van der Waals surface area (Å²) in [5.74, 6) is 1.54. The number of carbonyl (C=O) groups is 1. The number of aromatic nitrogens is 3. The minimum Gasteiger partial charge on any atom is -0.485 e. The van der Waals surface area contributed by atoms with Crippen molar-refractivity contribution in [1.82, 2.24) is 19.5 Å². The lowest BCUT2D eigenvalue weighted by molar-refractivity contribution is -0.117. The van der Waals surface area contributed by atoms with Gasteiger partial charge < -0.3 is 10.1 Å². The van der Waals surface area contributed by atoms with Crippen LogP contribution in [0.5, 0.6) is 5.75 Å². The standard InChI is InChI=1S/C34H33N5O2/c1-22-17-29(27-15-16-39-28(18-27)19-32(37-39)36-34(40)26-13-14-26)30(20-35-22)41-31-21-38(23(31)2)33(24-9-5-3-6-10-24)25-11-7-4-8-12-25/h3-12,15-20,23,26,31,33H,13-14,21H2,1-2H3,(H,36,37,40)/t23-,31-/m0/s1. The van der Waals surface area contributed by atoms with Crippen molar-refractivity contribution in [2.24, 2.45) is 5.92 Å². The summed E-state index contributed by atoms with van der Waals surface area (Å²) < 4.78 is 8.47. The van der Waals surface area contributed by atoms with E-state index < -0.39 is 0 Å². The van der Waals surface area contributed by atoms with Crippen LogP contribution in [-0.2, 0) is 4.79 Å². The fourth-order valence-electron chi connectivity index (χ4n) is 5.75. The topological polar surface area (TPSA) is 71.8 Å². The Morgan fingerprint density at radius 1 is 0.976 bits per heavy atom. The van der Waals surface area contributed by atoms with Gasteiger partial charge in [-0.05, 0) is 61.6 Å². The van der Waals surface area contributed by atoms with Gasteiger partial charge in [-0.15, -0.1) is 0 Å². The number of amides is 1. The Morgan fingerprint density at radius 3 is 2.34 bits per heavy atom. The van der Waals surface area contributed by atoms with Crippen molar-refractivity contribution in [3.63, 3.8) is 0 Å². The van der Waals surface area contributed by atoms with E-state index in [-0.39, 0.29) is 30.0 Å². The van der Waals surface area contributed by atoms with Crippen LogP contribution in [0.1, 0.15) is 42.6 Å². The lowest BCUT2D eigenvalue weighted by Gasteiger charge is -2.50. The van der Waals surface area contributed by atoms with Crippen molar-refractivity contribution in [1.29, 1.82) is 0 Å². The second-order valence-corrected chi connectivity index (χ2v) is 11.2. The van der Waals surface area contributed by atoms with Crippen LogP contribution in [0.25, 0.3) is 16.6 Å². The maximum Gasteiger partial charge on any atom is 0.228 e. The van der Waals surface area contributed by atoms with Crippen LogP contribution in [0.3, 0.4) is 0 Å². The predicted octanol–water partition coefficient (Wildman–Crippen LogP) is 6.29. The minimum absolute atomic E-state index is 0.0381. The molecule has 5 aromatic rings. The molecule has 2 fully saturated rings. The molecule has 1 N–H and O–H groups in total. The number of carbonyl (C=O) groups excluding carboxylic acids is 1. The summed E-state index contributed by atoms with van der Waals surface area (Å²) in [4.78, 5) is 19.3. The fourth-order valence-corrected chi connectivity index (χ4v) is 5.75. The summed E-state index contributed by atoms with van der Waals surface area (Å²) in [6.07, 6.45) is 5.73. The van der Waals surface area contributed by atoms with Gasteiger partial charge in [-0.2, -0.15) is 5.10 Å². The summed E-state index contributed by atoms with van der Waals surface area (Å²) in [5.41, 5.74) is 6.42. The second-order valence-electron chi connectivity index (χ2n) is 11.2. The SMILES string of the molecule is Cc1cc(-c2ccn3nc(NC(=O)C4CC4)cc3c2)c(O[C@H]2CN(C(c3ccccc3)c3ccccc3)[C@H]2C)cn1. The first-order chi connectivity index (χ1) is 20.0. The molecular weight excluding hydrogens is 510 g/mol. The third kappa shape index (κ3) is 5.09. The normalized spacial score (nSPS) is 18.8. The van der Waals surface area contributed by atoms with Gasteiger partial charge in [0.1, 0.15) is 11.9 Å². The zero-order chi connectivity index (χ0) is 27.9. The molecule has 3 aromatic heterocycles. The number of nitrogens with zero attached hydrogens (tertiary/aromatic N) is 4. The molecule has 1 amide bonds. The molecule has 4 heterocycles. The Bertz CT molecular complexity index is 1660. The molecule has 0 bridgehead atoms. The molecule has 206 valence electrons. The highest BCUT2D eigenvalue weighted by atomic mass is 16.5. The fraction of sp³-hybridized carbons (Fsp3) is 0.265. The highest BCUT2D eigenvalue weighted by molar-refractivity contribution is 5.93. The number of fused-ring (bicyclic) bond motifs is 1. The lowest BCUT2D eigenvalue weighted by atomic mass is 9.89. The number of ether oxygens (including phenoxy) is 1. The van der Waals surface area contributed by atoms with Crippen molar-refractivity contribution in [2.45, 2.75) is 44.9 Å². The molecule has 7 heteroatoms. The number of benzene rings is 2. The molecule has 7 rings (SSSR count). The molecule has 0 radical (unpaired) electrons. The Balaban J connectivity index is 1.13. The van der Waals surface area contributed by atoms with E-state index in [0.717, 1.165) is 47.5 Å². The highest BCUT2D eigenvalue weighted by Gasteiger charge is 2.42. The average Bonchev–Trinajstić information content (AvgIpc) is 3.78. The van der Waals surface area contributed by atoms with Gasteiger partial charge in [0, 0.05) is 42.0 Å². The Hall–Kier alpha value is -4.49. The monoisotopic (exact) mass is 543 g/mol. The first kappa shape index (κ1) is 25.5. The number of hydrogen-bond donors (Lipinski definition) is 1. The van der Waals surface area contributed by atoms with Gasteiger partial charge in [0.2, 0.25) is 5.91 Å². The van der Waals surface area contributed by atoms with E-state index in [2.05, 4.69) is 100 Å². The largest absolute Gasteiger partial charge is 0.485 e. The van der Waals surface area contributed by atoms with Gasteiger partial charge in [-0.3, -0.25) is 14.7 Å². The molecule has 1 aliphatic carbocycles. The molecular formula is C34H33N5O2. The highest BCUT2D eigenvalue weighted by Crippen LogP contribution is 2.39. The van der Waals surface area contributed by atoms with Gasteiger partial charge in [-0.25, -0.2) is 4.52 Å². The first-order valence-corrected chi connectivity index (χ1v) is 14.3. The third-order valence-corrected chi connectivity index (χ3v) is 8.27. The number of anilines is 1. The van der Waals surface area contributed by atoms with Crippen LogP contribution in [0.2, 0.25) is 0 Å². The molecule has 7 nitrogen and oxygen atoms in total. The zero-order valence-electron chi connectivity index (χ0n) is 23.3. The molecule has 2 aliphatic rings. The van der Waals surface area contributed by atoms with E-state index >= 15 is 0 Å². The number of rotatable bonds is 8. The summed E-state index contributed by atoms with van der Waals surface area (Å²) >= 11 is 0. The maximum atomic E-state index is 12.2. The smallest absolute Gasteiger partial charge is 0.228 e. The second kappa shape index (κ2) is 10.5. The maximum absolute atomic E-state index is 12.2. The molecule has 1 aliphatic heterocycles. The van der Waals surface area contributed by atoms with Gasteiger partial charge in [0.05, 0.1) is 17.8 Å². The van der Waals surface area contributed by atoms with Crippen LogP contribution in [0.4, 0.5) is 5.82 Å². The average molecular weight is 544 g/mol. The summed E-state index contributed by atoms with van der Waals surface area (Å²) in [7, 11) is 0. The first-order valence-electron chi connectivity index (χ1n) is 14.3. The van der Waals surface area contributed by atoms with Crippen molar-refractivity contribution < 1.29 is 9.53 Å². The number of aryl methyl sites for hydroxylation is 1. The number of hydrogen-bond acceptors (Lipinski definition) is 5. The van der Waals surface area contributed by atoms with E-state index in [1.54, 1.807) is 4.52 Å². The predicted molar refractivity (Wildman–Crippen MR) is 160 cm³/mol. The van der Waals surface area contributed by atoms with Crippen LogP contribution >= 0.6 is 0 Å². The molecule has 0 unspecified atom stereocenters. The quantitative estimate of drug-likeness (QED) is 0.249. The van der Waals surface area contributed by atoms with E-state index in [9.17, 15) is 4.79 Å². The molecule has 2 aromatic carbocycles. The molecule has 0 spiro atoms. The van der Waals surface area contributed by atoms with Crippen molar-refractivity contribution in [3.05, 3.63) is 114 Å². The number of pyridine rings is 2. The third-order valence-electron chi connectivity index (χ3n) is 8.27. The van der Waals surface area contributed by atoms with E-state index in [4.69, 9.17) is 4.74 Å². The van der Waals surface area contributed by atoms with E-state index in [1.165, 1.54) is 11.1 Å². The van der Waals surface area contributed by atoms with Crippen LogP contribution in [0, 0.1) is 12.8 Å². The molecule has 1 saturated heterocycles. The van der Waals surface area contributed by atoms with Crippen LogP contribution in [0.15, 0.2) is 97.3 Å². The molecule has 1 saturated carbocycles. The van der Waals surface area contributed by atoms with Gasteiger partial charge in [0.25, 0.3) is 0 Å². The Morgan fingerprint density at radius 2 is 1.68 bits per heavy atom. The van der Waals surface area contributed by atoms with E-state index in [0.29, 0.717) is 5.82 Å². The molecule has 41 heavy (non-hydrogen) atoms. The van der Waals surface area contributed by atoms with Gasteiger partial charge in [0.15, 0.2) is 5.82 Å². The number of nitrogens with one attached hydrogen (secondary N) is 1. The number of likely N-dealkylation sites (tertiary alicyclic amines) is 1. The van der Waals surface area contributed by atoms with Gasteiger partial charge >= 0.3 is 0 Å².